The summed E-state index contributed by atoms with van der Waals surface area (Å²) < 4.78 is 42.3. The predicted molar refractivity (Wildman–Crippen MR) is 102 cm³/mol. The summed E-state index contributed by atoms with van der Waals surface area (Å²) in [5.41, 5.74) is -1.50. The molecule has 148 valence electrons. The number of nitrogens with one attached hydrogen (secondary N) is 1. The Morgan fingerprint density at radius 2 is 1.86 bits per heavy atom. The van der Waals surface area contributed by atoms with Gasteiger partial charge in [0.15, 0.2) is 5.65 Å². The van der Waals surface area contributed by atoms with Gasteiger partial charge in [-0.05, 0) is 24.3 Å². The van der Waals surface area contributed by atoms with Crippen LogP contribution >= 0.6 is 11.6 Å². The van der Waals surface area contributed by atoms with Crippen LogP contribution in [-0.4, -0.2) is 24.3 Å². The smallest absolute Gasteiger partial charge is 0.337 e. The molecule has 7 nitrogen and oxygen atoms in total. The van der Waals surface area contributed by atoms with E-state index in [0.29, 0.717) is 5.69 Å². The molecule has 4 rings (SSSR count). The maximum Gasteiger partial charge on any atom is 0.433 e. The molecular formula is C18H12ClF3N6O. The Kier molecular flexibility index (Phi) is 4.50. The molecule has 0 bridgehead atoms. The van der Waals surface area contributed by atoms with Crippen LogP contribution in [0, 0.1) is 0 Å². The molecular weight excluding hydrogens is 409 g/mol. The SMILES string of the molecule is Cn1cc(Nc2nc(=O)n(-c3ccccc3Cl)c3nc(C(F)(F)F)ccc23)cn1. The molecule has 29 heavy (non-hydrogen) atoms. The molecule has 4 aromatic rings. The molecule has 0 saturated heterocycles. The van der Waals surface area contributed by atoms with E-state index < -0.39 is 17.6 Å². The molecule has 0 unspecified atom stereocenters. The number of rotatable bonds is 3. The first-order valence-electron chi connectivity index (χ1n) is 8.25. The predicted octanol–water partition coefficient (Wildman–Crippen LogP) is 3.93. The van der Waals surface area contributed by atoms with E-state index in [2.05, 4.69) is 20.4 Å². The van der Waals surface area contributed by atoms with E-state index in [0.717, 1.165) is 10.6 Å². The van der Waals surface area contributed by atoms with Crippen molar-refractivity contribution in [2.24, 2.45) is 7.05 Å². The summed E-state index contributed by atoms with van der Waals surface area (Å²) >= 11 is 6.17. The topological polar surface area (TPSA) is 77.6 Å². The van der Waals surface area contributed by atoms with Crippen LogP contribution in [0.25, 0.3) is 16.7 Å². The quantitative estimate of drug-likeness (QED) is 0.543. The average Bonchev–Trinajstić information content (AvgIpc) is 3.06. The summed E-state index contributed by atoms with van der Waals surface area (Å²) in [4.78, 5) is 20.5. The summed E-state index contributed by atoms with van der Waals surface area (Å²) in [7, 11) is 1.70. The normalized spacial score (nSPS) is 11.8. The second kappa shape index (κ2) is 6.89. The molecule has 3 aromatic heterocycles. The highest BCUT2D eigenvalue weighted by Crippen LogP contribution is 2.32. The number of para-hydroxylation sites is 1. The molecule has 0 fully saturated rings. The van der Waals surface area contributed by atoms with Gasteiger partial charge in [-0.15, -0.1) is 0 Å². The molecule has 3 heterocycles. The standard InChI is InChI=1S/C18H12ClF3N6O/c1-27-9-10(8-23-27)24-15-11-6-7-14(18(20,21)22)25-16(11)28(17(29)26-15)13-5-3-2-4-12(13)19/h2-9H,1H3,(H,24,26,29). The summed E-state index contributed by atoms with van der Waals surface area (Å²) in [5, 5.41) is 7.28. The number of aromatic nitrogens is 5. The van der Waals surface area contributed by atoms with Gasteiger partial charge in [-0.2, -0.15) is 23.3 Å². The number of anilines is 2. The Morgan fingerprint density at radius 1 is 1.10 bits per heavy atom. The minimum atomic E-state index is -4.68. The lowest BCUT2D eigenvalue weighted by atomic mass is 10.2. The van der Waals surface area contributed by atoms with Gasteiger partial charge in [0, 0.05) is 13.2 Å². The fraction of sp³-hybridized carbons (Fsp3) is 0.111. The highest BCUT2D eigenvalue weighted by Gasteiger charge is 2.33. The number of alkyl halides is 3. The second-order valence-corrected chi connectivity index (χ2v) is 6.53. The van der Waals surface area contributed by atoms with Crippen LogP contribution < -0.4 is 11.0 Å². The molecule has 1 aromatic carbocycles. The largest absolute Gasteiger partial charge is 0.433 e. The van der Waals surface area contributed by atoms with Crippen LogP contribution in [0.15, 0.2) is 53.6 Å². The van der Waals surface area contributed by atoms with Crippen molar-refractivity contribution < 1.29 is 13.2 Å². The molecule has 0 saturated carbocycles. The molecule has 0 amide bonds. The number of pyridine rings is 1. The highest BCUT2D eigenvalue weighted by molar-refractivity contribution is 6.32. The zero-order valence-corrected chi connectivity index (χ0v) is 15.5. The molecule has 1 N–H and O–H groups in total. The van der Waals surface area contributed by atoms with Crippen molar-refractivity contribution in [1.29, 1.82) is 0 Å². The lowest BCUT2D eigenvalue weighted by Crippen LogP contribution is -2.24. The Bertz CT molecular complexity index is 1280. The molecule has 0 aliphatic heterocycles. The number of hydrogen-bond acceptors (Lipinski definition) is 5. The number of nitrogens with zero attached hydrogens (tertiary/aromatic N) is 5. The zero-order chi connectivity index (χ0) is 20.8. The van der Waals surface area contributed by atoms with Crippen LogP contribution in [0.1, 0.15) is 5.69 Å². The van der Waals surface area contributed by atoms with E-state index in [1.807, 2.05) is 0 Å². The minimum Gasteiger partial charge on any atom is -0.337 e. The second-order valence-electron chi connectivity index (χ2n) is 6.12. The van der Waals surface area contributed by atoms with Crippen molar-refractivity contribution in [1.82, 2.24) is 24.3 Å². The highest BCUT2D eigenvalue weighted by atomic mass is 35.5. The Morgan fingerprint density at radius 3 is 2.52 bits per heavy atom. The van der Waals surface area contributed by atoms with E-state index in [1.165, 1.54) is 29.1 Å². The maximum absolute atomic E-state index is 13.3. The molecule has 11 heteroatoms. The summed E-state index contributed by atoms with van der Waals surface area (Å²) in [6.07, 6.45) is -1.56. The monoisotopic (exact) mass is 420 g/mol. The van der Waals surface area contributed by atoms with Crippen molar-refractivity contribution in [2.75, 3.05) is 5.32 Å². The Balaban J connectivity index is 2.02. The summed E-state index contributed by atoms with van der Waals surface area (Å²) in [6.45, 7) is 0. The van der Waals surface area contributed by atoms with Gasteiger partial charge in [-0.25, -0.2) is 14.3 Å². The fourth-order valence-electron chi connectivity index (χ4n) is 2.83. The molecule has 0 atom stereocenters. The number of halogens is 4. The van der Waals surface area contributed by atoms with Gasteiger partial charge < -0.3 is 5.32 Å². The van der Waals surface area contributed by atoms with Crippen molar-refractivity contribution in [2.45, 2.75) is 6.18 Å². The molecule has 0 aliphatic rings. The number of aryl methyl sites for hydroxylation is 1. The van der Waals surface area contributed by atoms with E-state index in [-0.39, 0.29) is 27.6 Å². The Labute approximate surface area is 166 Å². The van der Waals surface area contributed by atoms with Gasteiger partial charge in [0.25, 0.3) is 0 Å². The van der Waals surface area contributed by atoms with Gasteiger partial charge in [0.05, 0.1) is 28.0 Å². The number of hydrogen-bond donors (Lipinski definition) is 1. The summed E-state index contributed by atoms with van der Waals surface area (Å²) in [5.74, 6) is 0.0579. The average molecular weight is 421 g/mol. The third-order valence-corrected chi connectivity index (χ3v) is 4.41. The van der Waals surface area contributed by atoms with Crippen LogP contribution in [-0.2, 0) is 13.2 Å². The third-order valence-electron chi connectivity index (χ3n) is 4.09. The first-order chi connectivity index (χ1) is 13.7. The lowest BCUT2D eigenvalue weighted by Gasteiger charge is -2.15. The van der Waals surface area contributed by atoms with E-state index in [9.17, 15) is 18.0 Å². The first-order valence-corrected chi connectivity index (χ1v) is 8.63. The van der Waals surface area contributed by atoms with Crippen LogP contribution in [0.5, 0.6) is 0 Å². The molecule has 0 spiro atoms. The van der Waals surface area contributed by atoms with E-state index >= 15 is 0 Å². The minimum absolute atomic E-state index is 0.0579. The van der Waals surface area contributed by atoms with Gasteiger partial charge in [0.2, 0.25) is 0 Å². The maximum atomic E-state index is 13.3. The van der Waals surface area contributed by atoms with Gasteiger partial charge in [0.1, 0.15) is 11.5 Å². The van der Waals surface area contributed by atoms with Crippen LogP contribution in [0.4, 0.5) is 24.7 Å². The van der Waals surface area contributed by atoms with Gasteiger partial charge >= 0.3 is 11.9 Å². The van der Waals surface area contributed by atoms with Crippen molar-refractivity contribution in [3.8, 4) is 5.69 Å². The lowest BCUT2D eigenvalue weighted by molar-refractivity contribution is -0.141. The van der Waals surface area contributed by atoms with Crippen molar-refractivity contribution >= 4 is 34.1 Å². The molecule has 0 radical (unpaired) electrons. The van der Waals surface area contributed by atoms with E-state index in [4.69, 9.17) is 11.6 Å². The summed E-state index contributed by atoms with van der Waals surface area (Å²) in [6, 6.07) is 8.31. The van der Waals surface area contributed by atoms with Crippen molar-refractivity contribution in [3.63, 3.8) is 0 Å². The first kappa shape index (κ1) is 18.9. The fourth-order valence-corrected chi connectivity index (χ4v) is 3.05. The zero-order valence-electron chi connectivity index (χ0n) is 14.8. The van der Waals surface area contributed by atoms with Crippen LogP contribution in [0.3, 0.4) is 0 Å². The van der Waals surface area contributed by atoms with Crippen molar-refractivity contribution in [3.05, 3.63) is 70.0 Å². The Hall–Kier alpha value is -3.40. The number of benzene rings is 1. The van der Waals surface area contributed by atoms with E-state index in [1.54, 1.807) is 25.4 Å². The number of fused-ring (bicyclic) bond motifs is 1. The molecule has 0 aliphatic carbocycles. The van der Waals surface area contributed by atoms with Gasteiger partial charge in [-0.1, -0.05) is 23.7 Å². The van der Waals surface area contributed by atoms with Crippen LogP contribution in [0.2, 0.25) is 5.02 Å². The third kappa shape index (κ3) is 3.54. The van der Waals surface area contributed by atoms with Gasteiger partial charge in [-0.3, -0.25) is 4.68 Å².